The quantitative estimate of drug-likeness (QED) is 0.775. The Morgan fingerprint density at radius 2 is 1.82 bits per heavy atom. The summed E-state index contributed by atoms with van der Waals surface area (Å²) in [5.41, 5.74) is 2.30. The number of benzene rings is 2. The van der Waals surface area contributed by atoms with Crippen LogP contribution in [0.15, 0.2) is 54.6 Å². The second-order valence-corrected chi connectivity index (χ2v) is 8.17. The van der Waals surface area contributed by atoms with E-state index in [1.54, 1.807) is 6.07 Å². The molecule has 0 aromatic heterocycles. The Kier molecular flexibility index (Phi) is 6.06. The molecule has 4 heteroatoms. The number of halogens is 1. The first-order valence-electron chi connectivity index (χ1n) is 10.5. The minimum Gasteiger partial charge on any atom is -0.338 e. The van der Waals surface area contributed by atoms with Crippen molar-refractivity contribution in [1.29, 1.82) is 0 Å². The predicted octanol–water partition coefficient (Wildman–Crippen LogP) is 4.59. The highest BCUT2D eigenvalue weighted by Gasteiger charge is 2.30. The molecule has 0 saturated carbocycles. The molecule has 148 valence electrons. The van der Waals surface area contributed by atoms with Crippen molar-refractivity contribution < 1.29 is 9.18 Å². The Morgan fingerprint density at radius 1 is 0.964 bits per heavy atom. The minimum absolute atomic E-state index is 0.198. The van der Waals surface area contributed by atoms with Gasteiger partial charge in [-0.1, -0.05) is 42.5 Å². The zero-order chi connectivity index (χ0) is 19.3. The second kappa shape index (κ2) is 8.87. The van der Waals surface area contributed by atoms with Crippen molar-refractivity contribution in [2.75, 3.05) is 19.6 Å². The van der Waals surface area contributed by atoms with Crippen molar-refractivity contribution >= 4 is 5.91 Å². The minimum atomic E-state index is -0.238. The van der Waals surface area contributed by atoms with Crippen LogP contribution in [-0.4, -0.2) is 41.4 Å². The molecule has 3 nitrogen and oxygen atoms in total. The van der Waals surface area contributed by atoms with Crippen molar-refractivity contribution in [3.05, 3.63) is 71.5 Å². The van der Waals surface area contributed by atoms with Crippen LogP contribution in [0.5, 0.6) is 0 Å². The first-order chi connectivity index (χ1) is 13.7. The van der Waals surface area contributed by atoms with Crippen LogP contribution in [-0.2, 0) is 11.3 Å². The van der Waals surface area contributed by atoms with Crippen molar-refractivity contribution in [3.63, 3.8) is 0 Å². The third kappa shape index (κ3) is 4.61. The van der Waals surface area contributed by atoms with Gasteiger partial charge in [-0.05, 0) is 61.4 Å². The third-order valence-corrected chi connectivity index (χ3v) is 6.28. The zero-order valence-electron chi connectivity index (χ0n) is 16.4. The molecule has 2 aliphatic rings. The maximum absolute atomic E-state index is 13.5. The van der Waals surface area contributed by atoms with Gasteiger partial charge in [0.05, 0.1) is 0 Å². The topological polar surface area (TPSA) is 23.6 Å². The molecule has 0 N–H and O–H groups in total. The van der Waals surface area contributed by atoms with Crippen molar-refractivity contribution in [2.45, 2.75) is 50.6 Å². The molecule has 28 heavy (non-hydrogen) atoms. The normalized spacial score (nSPS) is 24.2. The summed E-state index contributed by atoms with van der Waals surface area (Å²) in [7, 11) is 0. The van der Waals surface area contributed by atoms with Crippen LogP contribution < -0.4 is 0 Å². The Balaban J connectivity index is 1.38. The average Bonchev–Trinajstić information content (AvgIpc) is 2.91. The summed E-state index contributed by atoms with van der Waals surface area (Å²) in [4.78, 5) is 17.2. The van der Waals surface area contributed by atoms with E-state index in [1.807, 2.05) is 11.0 Å². The highest BCUT2D eigenvalue weighted by molar-refractivity contribution is 5.76. The lowest BCUT2D eigenvalue weighted by Crippen LogP contribution is -2.42. The van der Waals surface area contributed by atoms with Gasteiger partial charge < -0.3 is 4.90 Å². The molecule has 1 amide bonds. The van der Waals surface area contributed by atoms with Gasteiger partial charge in [0.1, 0.15) is 5.82 Å². The molecule has 2 fully saturated rings. The summed E-state index contributed by atoms with van der Waals surface area (Å²) >= 11 is 0. The zero-order valence-corrected chi connectivity index (χ0v) is 16.4. The van der Waals surface area contributed by atoms with E-state index in [9.17, 15) is 9.18 Å². The number of hydrogen-bond acceptors (Lipinski definition) is 2. The van der Waals surface area contributed by atoms with E-state index in [2.05, 4.69) is 35.2 Å². The van der Waals surface area contributed by atoms with Crippen LogP contribution in [0.4, 0.5) is 4.39 Å². The molecule has 0 radical (unpaired) electrons. The summed E-state index contributed by atoms with van der Waals surface area (Å²) in [6.07, 6.45) is 4.99. The second-order valence-electron chi connectivity index (χ2n) is 8.17. The summed E-state index contributed by atoms with van der Waals surface area (Å²) in [5.74, 6) is 0.554. The summed E-state index contributed by atoms with van der Waals surface area (Å²) in [6, 6.07) is 17.9. The molecule has 2 heterocycles. The number of piperidine rings is 1. The van der Waals surface area contributed by atoms with Crippen molar-refractivity contribution in [1.82, 2.24) is 9.80 Å². The predicted molar refractivity (Wildman–Crippen MR) is 109 cm³/mol. The smallest absolute Gasteiger partial charge is 0.222 e. The van der Waals surface area contributed by atoms with Crippen molar-refractivity contribution in [3.8, 4) is 0 Å². The van der Waals surface area contributed by atoms with Crippen molar-refractivity contribution in [2.24, 2.45) is 0 Å². The van der Waals surface area contributed by atoms with Gasteiger partial charge >= 0.3 is 0 Å². The molecular weight excluding hydrogens is 351 g/mol. The number of carbonyl (C=O) groups is 1. The molecule has 0 spiro atoms. The number of nitrogens with zero attached hydrogens (tertiary/aromatic N) is 2. The van der Waals surface area contributed by atoms with Gasteiger partial charge in [-0.3, -0.25) is 9.69 Å². The van der Waals surface area contributed by atoms with E-state index >= 15 is 0 Å². The number of likely N-dealkylation sites (tertiary alicyclic amines) is 2. The lowest BCUT2D eigenvalue weighted by atomic mass is 9.89. The van der Waals surface area contributed by atoms with E-state index in [4.69, 9.17) is 0 Å². The van der Waals surface area contributed by atoms with Crippen LogP contribution in [0.3, 0.4) is 0 Å². The molecule has 2 aromatic rings. The highest BCUT2D eigenvalue weighted by atomic mass is 19.1. The van der Waals surface area contributed by atoms with Gasteiger partial charge in [0.25, 0.3) is 0 Å². The molecular formula is C24H29FN2O. The van der Waals surface area contributed by atoms with Gasteiger partial charge in [-0.2, -0.15) is 0 Å². The number of rotatable bonds is 4. The number of hydrogen-bond donors (Lipinski definition) is 0. The SMILES string of the molecule is O=C1CCC(N2CCCC(c3ccccc3)C2)CCN1Cc1cccc(F)c1. The van der Waals surface area contributed by atoms with E-state index in [-0.39, 0.29) is 11.7 Å². The fourth-order valence-electron chi connectivity index (χ4n) is 4.75. The fourth-order valence-corrected chi connectivity index (χ4v) is 4.75. The summed E-state index contributed by atoms with van der Waals surface area (Å²) in [6.45, 7) is 3.49. The highest BCUT2D eigenvalue weighted by Crippen LogP contribution is 2.30. The summed E-state index contributed by atoms with van der Waals surface area (Å²) in [5, 5.41) is 0. The lowest BCUT2D eigenvalue weighted by Gasteiger charge is -2.38. The third-order valence-electron chi connectivity index (χ3n) is 6.28. The van der Waals surface area contributed by atoms with E-state index in [0.29, 0.717) is 24.9 Å². The Hall–Kier alpha value is -2.20. The fraction of sp³-hybridized carbons (Fsp3) is 0.458. The molecule has 2 atom stereocenters. The van der Waals surface area contributed by atoms with Gasteiger partial charge in [0, 0.05) is 32.1 Å². The molecule has 4 rings (SSSR count). The van der Waals surface area contributed by atoms with E-state index < -0.39 is 0 Å². The van der Waals surface area contributed by atoms with Gasteiger partial charge in [0.15, 0.2) is 0 Å². The maximum Gasteiger partial charge on any atom is 0.222 e. The Morgan fingerprint density at radius 3 is 2.64 bits per heavy atom. The van der Waals surface area contributed by atoms with E-state index in [0.717, 1.165) is 38.0 Å². The molecule has 2 unspecified atom stereocenters. The molecule has 2 saturated heterocycles. The first-order valence-corrected chi connectivity index (χ1v) is 10.5. The van der Waals surface area contributed by atoms with Gasteiger partial charge in [0.2, 0.25) is 5.91 Å². The molecule has 2 aliphatic heterocycles. The van der Waals surface area contributed by atoms with Crippen LogP contribution in [0.2, 0.25) is 0 Å². The lowest BCUT2D eigenvalue weighted by molar-refractivity contribution is -0.131. The molecule has 0 aliphatic carbocycles. The number of amides is 1. The van der Waals surface area contributed by atoms with Crippen LogP contribution in [0.1, 0.15) is 49.1 Å². The number of carbonyl (C=O) groups excluding carboxylic acids is 1. The Labute approximate surface area is 167 Å². The average molecular weight is 381 g/mol. The maximum atomic E-state index is 13.5. The largest absolute Gasteiger partial charge is 0.338 e. The van der Waals surface area contributed by atoms with Crippen LogP contribution in [0.25, 0.3) is 0 Å². The molecule has 0 bridgehead atoms. The van der Waals surface area contributed by atoms with Crippen LogP contribution >= 0.6 is 0 Å². The van der Waals surface area contributed by atoms with E-state index in [1.165, 1.54) is 30.5 Å². The summed E-state index contributed by atoms with van der Waals surface area (Å²) < 4.78 is 13.5. The Bertz CT molecular complexity index is 794. The monoisotopic (exact) mass is 380 g/mol. The molecule has 2 aromatic carbocycles. The first kappa shape index (κ1) is 19.1. The standard InChI is InChI=1S/C24H29FN2O/c25-22-10-4-6-19(16-22)17-27-15-13-23(11-12-24(27)28)26-14-5-9-21(18-26)20-7-2-1-3-8-20/h1-4,6-8,10,16,21,23H,5,9,11-15,17-18H2. The van der Waals surface area contributed by atoms with Gasteiger partial charge in [-0.25, -0.2) is 4.39 Å². The van der Waals surface area contributed by atoms with Gasteiger partial charge in [-0.15, -0.1) is 0 Å². The van der Waals surface area contributed by atoms with Crippen LogP contribution in [0, 0.1) is 5.82 Å².